The largest absolute Gasteiger partial charge is 0.325 e. The van der Waals surface area contributed by atoms with Gasteiger partial charge in [0.15, 0.2) is 5.78 Å². The molecule has 2 aromatic rings. The van der Waals surface area contributed by atoms with Crippen LogP contribution >= 0.6 is 0 Å². The van der Waals surface area contributed by atoms with Crippen molar-refractivity contribution in [2.45, 2.75) is 18.7 Å². The predicted octanol–water partition coefficient (Wildman–Crippen LogP) is 2.14. The molecule has 1 heterocycles. The summed E-state index contributed by atoms with van der Waals surface area (Å²) in [6.45, 7) is 5.19. The summed E-state index contributed by atoms with van der Waals surface area (Å²) < 4.78 is 27.0. The molecule has 1 amide bonds. The molecule has 0 unspecified atom stereocenters. The van der Waals surface area contributed by atoms with Gasteiger partial charge in [0.2, 0.25) is 15.9 Å². The van der Waals surface area contributed by atoms with E-state index in [-0.39, 0.29) is 18.2 Å². The summed E-state index contributed by atoms with van der Waals surface area (Å²) in [5.74, 6) is -0.257. The lowest BCUT2D eigenvalue weighted by atomic mass is 10.1. The SMILES string of the molecule is CC(=O)c1cccc(NC(=O)CN2CCN(S(=O)(=O)c3ccc(C)cc3)CC2)c1. The zero-order valence-electron chi connectivity index (χ0n) is 16.6. The number of aryl methyl sites for hydroxylation is 1. The summed E-state index contributed by atoms with van der Waals surface area (Å²) in [7, 11) is -3.52. The van der Waals surface area contributed by atoms with Crippen molar-refractivity contribution in [2.24, 2.45) is 0 Å². The Kier molecular flexibility index (Phi) is 6.46. The van der Waals surface area contributed by atoms with Gasteiger partial charge >= 0.3 is 0 Å². The van der Waals surface area contributed by atoms with Crippen molar-refractivity contribution in [1.29, 1.82) is 0 Å². The van der Waals surface area contributed by atoms with E-state index in [1.54, 1.807) is 48.5 Å². The Morgan fingerprint density at radius 3 is 2.28 bits per heavy atom. The van der Waals surface area contributed by atoms with Crippen LogP contribution in [0.2, 0.25) is 0 Å². The van der Waals surface area contributed by atoms with Crippen LogP contribution in [0.1, 0.15) is 22.8 Å². The second-order valence-corrected chi connectivity index (χ2v) is 9.12. The Bertz CT molecular complexity index is 995. The monoisotopic (exact) mass is 415 g/mol. The molecular weight excluding hydrogens is 390 g/mol. The average molecular weight is 416 g/mol. The third-order valence-electron chi connectivity index (χ3n) is 4.91. The van der Waals surface area contributed by atoms with Crippen molar-refractivity contribution in [1.82, 2.24) is 9.21 Å². The van der Waals surface area contributed by atoms with Gasteiger partial charge in [0.1, 0.15) is 0 Å². The first-order chi connectivity index (χ1) is 13.8. The second kappa shape index (κ2) is 8.86. The highest BCUT2D eigenvalue weighted by molar-refractivity contribution is 7.89. The minimum atomic E-state index is -3.52. The first kappa shape index (κ1) is 21.2. The summed E-state index contributed by atoms with van der Waals surface area (Å²) in [6.07, 6.45) is 0. The summed E-state index contributed by atoms with van der Waals surface area (Å²) in [6, 6.07) is 13.6. The molecule has 1 aliphatic rings. The number of nitrogens with zero attached hydrogens (tertiary/aromatic N) is 2. The van der Waals surface area contributed by atoms with Crippen molar-refractivity contribution in [3.05, 3.63) is 59.7 Å². The van der Waals surface area contributed by atoms with Crippen molar-refractivity contribution >= 4 is 27.4 Å². The van der Waals surface area contributed by atoms with E-state index in [0.717, 1.165) is 5.56 Å². The third kappa shape index (κ3) is 5.29. The summed E-state index contributed by atoms with van der Waals surface area (Å²) in [5, 5.41) is 2.79. The van der Waals surface area contributed by atoms with Crippen LogP contribution in [0.4, 0.5) is 5.69 Å². The van der Waals surface area contributed by atoms with E-state index in [1.165, 1.54) is 11.2 Å². The molecule has 0 bridgehead atoms. The molecule has 29 heavy (non-hydrogen) atoms. The van der Waals surface area contributed by atoms with Gasteiger partial charge in [-0.1, -0.05) is 29.8 Å². The Labute approximate surface area is 171 Å². The number of benzene rings is 2. The van der Waals surface area contributed by atoms with E-state index in [4.69, 9.17) is 0 Å². The van der Waals surface area contributed by atoms with Crippen molar-refractivity contribution < 1.29 is 18.0 Å². The molecule has 2 aromatic carbocycles. The molecule has 0 aliphatic carbocycles. The molecule has 0 spiro atoms. The van der Waals surface area contributed by atoms with Gasteiger partial charge in [-0.15, -0.1) is 0 Å². The number of carbonyl (C=O) groups is 2. The molecule has 1 aliphatic heterocycles. The van der Waals surface area contributed by atoms with Gasteiger partial charge in [0.05, 0.1) is 11.4 Å². The van der Waals surface area contributed by atoms with Gasteiger partial charge in [-0.25, -0.2) is 8.42 Å². The Balaban J connectivity index is 1.54. The van der Waals surface area contributed by atoms with Crippen molar-refractivity contribution in [2.75, 3.05) is 38.0 Å². The molecule has 7 nitrogen and oxygen atoms in total. The van der Waals surface area contributed by atoms with Crippen LogP contribution in [0.5, 0.6) is 0 Å². The maximum absolute atomic E-state index is 12.8. The van der Waals surface area contributed by atoms with E-state index >= 15 is 0 Å². The lowest BCUT2D eigenvalue weighted by Crippen LogP contribution is -2.50. The lowest BCUT2D eigenvalue weighted by molar-refractivity contribution is -0.117. The van der Waals surface area contributed by atoms with E-state index in [1.807, 2.05) is 11.8 Å². The maximum Gasteiger partial charge on any atom is 0.243 e. The normalized spacial score (nSPS) is 15.8. The van der Waals surface area contributed by atoms with Gasteiger partial charge in [-0.3, -0.25) is 14.5 Å². The number of hydrogen-bond acceptors (Lipinski definition) is 5. The second-order valence-electron chi connectivity index (χ2n) is 7.18. The molecule has 1 saturated heterocycles. The number of sulfonamides is 1. The number of piperazine rings is 1. The highest BCUT2D eigenvalue weighted by atomic mass is 32.2. The van der Waals surface area contributed by atoms with Crippen molar-refractivity contribution in [3.8, 4) is 0 Å². The molecule has 1 fully saturated rings. The van der Waals surface area contributed by atoms with Crippen LogP contribution in [0.25, 0.3) is 0 Å². The smallest absolute Gasteiger partial charge is 0.243 e. The Morgan fingerprint density at radius 1 is 1.00 bits per heavy atom. The van der Waals surface area contributed by atoms with Crippen molar-refractivity contribution in [3.63, 3.8) is 0 Å². The molecule has 0 radical (unpaired) electrons. The van der Waals surface area contributed by atoms with Gasteiger partial charge in [0.25, 0.3) is 0 Å². The van der Waals surface area contributed by atoms with Gasteiger partial charge < -0.3 is 5.32 Å². The molecule has 0 aromatic heterocycles. The molecule has 0 atom stereocenters. The number of rotatable bonds is 6. The molecular formula is C21H25N3O4S. The quantitative estimate of drug-likeness (QED) is 0.731. The number of Topliss-reactive ketones (excluding diaryl/α,β-unsaturated/α-hetero) is 1. The number of carbonyl (C=O) groups excluding carboxylic acids is 2. The molecule has 1 N–H and O–H groups in total. The summed E-state index contributed by atoms with van der Waals surface area (Å²) in [4.78, 5) is 26.0. The van der Waals surface area contributed by atoms with Crippen LogP contribution in [0.3, 0.4) is 0 Å². The van der Waals surface area contributed by atoms with E-state index in [0.29, 0.717) is 42.3 Å². The third-order valence-corrected chi connectivity index (χ3v) is 6.82. The van der Waals surface area contributed by atoms with E-state index in [9.17, 15) is 18.0 Å². The fourth-order valence-corrected chi connectivity index (χ4v) is 4.63. The molecule has 8 heteroatoms. The first-order valence-electron chi connectivity index (χ1n) is 9.46. The minimum Gasteiger partial charge on any atom is -0.325 e. The zero-order chi connectivity index (χ0) is 21.0. The summed E-state index contributed by atoms with van der Waals surface area (Å²) in [5.41, 5.74) is 2.12. The van der Waals surface area contributed by atoms with Crippen LogP contribution < -0.4 is 5.32 Å². The maximum atomic E-state index is 12.8. The van der Waals surface area contributed by atoms with Crippen LogP contribution in [0.15, 0.2) is 53.4 Å². The van der Waals surface area contributed by atoms with Gasteiger partial charge in [-0.2, -0.15) is 4.31 Å². The van der Waals surface area contributed by atoms with Crippen LogP contribution in [-0.4, -0.2) is 62.0 Å². The standard InChI is InChI=1S/C21H25N3O4S/c1-16-6-8-20(9-7-16)29(27,28)24-12-10-23(11-13-24)15-21(26)22-19-5-3-4-18(14-19)17(2)25/h3-9,14H,10-13,15H2,1-2H3,(H,22,26). The number of hydrogen-bond donors (Lipinski definition) is 1. The van der Waals surface area contributed by atoms with Crippen LogP contribution in [-0.2, 0) is 14.8 Å². The Hall–Kier alpha value is -2.55. The highest BCUT2D eigenvalue weighted by Gasteiger charge is 2.29. The van der Waals surface area contributed by atoms with Gasteiger partial charge in [-0.05, 0) is 38.1 Å². The fraction of sp³-hybridized carbons (Fsp3) is 0.333. The molecule has 0 saturated carbocycles. The molecule has 3 rings (SSSR count). The minimum absolute atomic E-state index is 0.0630. The number of nitrogens with one attached hydrogen (secondary N) is 1. The van der Waals surface area contributed by atoms with Crippen LogP contribution in [0, 0.1) is 6.92 Å². The molecule has 154 valence electrons. The number of ketones is 1. The fourth-order valence-electron chi connectivity index (χ4n) is 3.21. The lowest BCUT2D eigenvalue weighted by Gasteiger charge is -2.33. The van der Waals surface area contributed by atoms with Gasteiger partial charge in [0, 0.05) is 37.4 Å². The Morgan fingerprint density at radius 2 is 1.66 bits per heavy atom. The number of anilines is 1. The van der Waals surface area contributed by atoms with E-state index < -0.39 is 10.0 Å². The highest BCUT2D eigenvalue weighted by Crippen LogP contribution is 2.18. The van der Waals surface area contributed by atoms with E-state index in [2.05, 4.69) is 5.32 Å². The topological polar surface area (TPSA) is 86.8 Å². The zero-order valence-corrected chi connectivity index (χ0v) is 17.4. The predicted molar refractivity (Wildman–Crippen MR) is 111 cm³/mol. The summed E-state index contributed by atoms with van der Waals surface area (Å²) >= 11 is 0. The number of amides is 1. The first-order valence-corrected chi connectivity index (χ1v) is 10.9. The average Bonchev–Trinajstić information content (AvgIpc) is 2.69.